The van der Waals surface area contributed by atoms with E-state index in [4.69, 9.17) is 40.2 Å². The van der Waals surface area contributed by atoms with E-state index < -0.39 is 11.4 Å². The Morgan fingerprint density at radius 1 is 1.10 bits per heavy atom. The molecule has 0 unspecified atom stereocenters. The highest BCUT2D eigenvalue weighted by molar-refractivity contribution is 7.80. The second-order valence-electron chi connectivity index (χ2n) is 7.60. The third kappa shape index (κ3) is 6.42. The Bertz CT molecular complexity index is 940. The van der Waals surface area contributed by atoms with Gasteiger partial charge in [0.25, 0.3) is 0 Å². The molecule has 5 nitrogen and oxygen atoms in total. The van der Waals surface area contributed by atoms with Crippen LogP contribution >= 0.6 is 35.4 Å². The quantitative estimate of drug-likeness (QED) is 0.457. The second-order valence-corrected chi connectivity index (χ2v) is 8.83. The average molecular weight is 467 g/mol. The number of rotatable bonds is 5. The molecule has 0 aliphatic rings. The third-order valence-corrected chi connectivity index (χ3v) is 5.09. The SMILES string of the molecule is CCOC(=O)c1ccc(N(Cc2ccc(Cl)cc2Cl)C(=S)NC(=O)C(C)(C)C)cc1. The number of hydrogen-bond donors (Lipinski definition) is 1. The number of anilines is 1. The van der Waals surface area contributed by atoms with E-state index in [0.717, 1.165) is 5.56 Å². The van der Waals surface area contributed by atoms with Gasteiger partial charge in [-0.25, -0.2) is 4.79 Å². The van der Waals surface area contributed by atoms with Crippen molar-refractivity contribution in [1.29, 1.82) is 0 Å². The molecule has 2 rings (SSSR count). The van der Waals surface area contributed by atoms with Crippen molar-refractivity contribution in [1.82, 2.24) is 5.32 Å². The van der Waals surface area contributed by atoms with Gasteiger partial charge in [-0.05, 0) is 61.1 Å². The summed E-state index contributed by atoms with van der Waals surface area (Å²) in [5.41, 5.74) is 1.28. The largest absolute Gasteiger partial charge is 0.462 e. The van der Waals surface area contributed by atoms with Crippen LogP contribution in [0.4, 0.5) is 5.69 Å². The number of halogens is 2. The minimum Gasteiger partial charge on any atom is -0.462 e. The summed E-state index contributed by atoms with van der Waals surface area (Å²) in [6, 6.07) is 12.0. The number of hydrogen-bond acceptors (Lipinski definition) is 4. The number of benzene rings is 2. The topological polar surface area (TPSA) is 58.6 Å². The second kappa shape index (κ2) is 10.2. The van der Waals surface area contributed by atoms with Crippen molar-refractivity contribution in [2.45, 2.75) is 34.2 Å². The third-order valence-electron chi connectivity index (χ3n) is 4.18. The van der Waals surface area contributed by atoms with Gasteiger partial charge in [-0.15, -0.1) is 0 Å². The molecule has 0 heterocycles. The lowest BCUT2D eigenvalue weighted by atomic mass is 9.96. The maximum Gasteiger partial charge on any atom is 0.338 e. The molecule has 0 radical (unpaired) electrons. The fourth-order valence-corrected chi connectivity index (χ4v) is 3.18. The van der Waals surface area contributed by atoms with Crippen molar-refractivity contribution >= 4 is 58.1 Å². The number of thiocarbonyl (C=S) groups is 1. The lowest BCUT2D eigenvalue weighted by molar-refractivity contribution is -0.126. The van der Waals surface area contributed by atoms with Crippen LogP contribution in [0.5, 0.6) is 0 Å². The van der Waals surface area contributed by atoms with Crippen molar-refractivity contribution in [3.8, 4) is 0 Å². The van der Waals surface area contributed by atoms with Gasteiger partial charge in [0.05, 0.1) is 18.7 Å². The van der Waals surface area contributed by atoms with Crippen LogP contribution in [0.3, 0.4) is 0 Å². The Labute approximate surface area is 192 Å². The van der Waals surface area contributed by atoms with Gasteiger partial charge in [0.15, 0.2) is 5.11 Å². The van der Waals surface area contributed by atoms with E-state index in [-0.39, 0.29) is 11.0 Å². The van der Waals surface area contributed by atoms with E-state index in [1.807, 2.05) is 0 Å². The molecule has 1 N–H and O–H groups in total. The maximum atomic E-state index is 12.5. The van der Waals surface area contributed by atoms with Crippen molar-refractivity contribution in [2.24, 2.45) is 5.41 Å². The molecule has 30 heavy (non-hydrogen) atoms. The Kier molecular flexibility index (Phi) is 8.24. The first kappa shape index (κ1) is 24.1. The van der Waals surface area contributed by atoms with Gasteiger partial charge >= 0.3 is 5.97 Å². The van der Waals surface area contributed by atoms with E-state index in [9.17, 15) is 9.59 Å². The number of carbonyl (C=O) groups is 2. The predicted octanol–water partition coefficient (Wildman–Crippen LogP) is 5.62. The molecule has 0 saturated heterocycles. The van der Waals surface area contributed by atoms with Gasteiger partial charge in [0.1, 0.15) is 0 Å². The minimum atomic E-state index is -0.610. The first-order chi connectivity index (χ1) is 14.0. The van der Waals surface area contributed by atoms with Crippen LogP contribution in [0.15, 0.2) is 42.5 Å². The van der Waals surface area contributed by atoms with Gasteiger partial charge in [-0.1, -0.05) is 50.0 Å². The fourth-order valence-electron chi connectivity index (χ4n) is 2.44. The molecule has 0 saturated carbocycles. The van der Waals surface area contributed by atoms with Crippen LogP contribution in [-0.2, 0) is 16.1 Å². The predicted molar refractivity (Wildman–Crippen MR) is 125 cm³/mol. The summed E-state index contributed by atoms with van der Waals surface area (Å²) >= 11 is 17.9. The van der Waals surface area contributed by atoms with E-state index in [1.165, 1.54) is 0 Å². The van der Waals surface area contributed by atoms with Gasteiger partial charge in [0.2, 0.25) is 5.91 Å². The number of ether oxygens (including phenoxy) is 1. The molecule has 160 valence electrons. The zero-order valence-corrected chi connectivity index (χ0v) is 19.6. The fraction of sp³-hybridized carbons (Fsp3) is 0.318. The van der Waals surface area contributed by atoms with Crippen molar-refractivity contribution < 1.29 is 14.3 Å². The van der Waals surface area contributed by atoms with E-state index in [1.54, 1.807) is 75.1 Å². The van der Waals surface area contributed by atoms with Gasteiger partial charge < -0.3 is 15.0 Å². The van der Waals surface area contributed by atoms with E-state index >= 15 is 0 Å². The normalized spacial score (nSPS) is 11.0. The van der Waals surface area contributed by atoms with Crippen LogP contribution < -0.4 is 10.2 Å². The summed E-state index contributed by atoms with van der Waals surface area (Å²) in [7, 11) is 0. The van der Waals surface area contributed by atoms with Crippen molar-refractivity contribution in [3.63, 3.8) is 0 Å². The molecule has 2 aromatic rings. The molecular weight excluding hydrogens is 443 g/mol. The lowest BCUT2D eigenvalue weighted by Gasteiger charge is -2.28. The zero-order valence-electron chi connectivity index (χ0n) is 17.3. The standard InChI is InChI=1S/C22H24Cl2N2O3S/c1-5-29-19(27)14-7-10-17(11-8-14)26(21(30)25-20(28)22(2,3)4)13-15-6-9-16(23)12-18(15)24/h6-12H,5,13H2,1-4H3,(H,25,28,30). The summed E-state index contributed by atoms with van der Waals surface area (Å²) in [5, 5.41) is 4.02. The monoisotopic (exact) mass is 466 g/mol. The number of carbonyl (C=O) groups excluding carboxylic acids is 2. The first-order valence-electron chi connectivity index (χ1n) is 9.37. The van der Waals surface area contributed by atoms with E-state index in [0.29, 0.717) is 34.4 Å². The van der Waals surface area contributed by atoms with Gasteiger partial charge in [-0.2, -0.15) is 0 Å². The highest BCUT2D eigenvalue weighted by atomic mass is 35.5. The molecular formula is C22H24Cl2N2O3S. The molecule has 0 aliphatic carbocycles. The molecule has 0 aromatic heterocycles. The highest BCUT2D eigenvalue weighted by Crippen LogP contribution is 2.26. The summed E-state index contributed by atoms with van der Waals surface area (Å²) in [6.07, 6.45) is 0. The van der Waals surface area contributed by atoms with Crippen LogP contribution in [0.25, 0.3) is 0 Å². The zero-order chi connectivity index (χ0) is 22.5. The molecule has 0 spiro atoms. The van der Waals surface area contributed by atoms with Gasteiger partial charge in [0, 0.05) is 21.1 Å². The molecule has 8 heteroatoms. The molecule has 0 aliphatic heterocycles. The van der Waals surface area contributed by atoms with Crippen LogP contribution in [0, 0.1) is 5.41 Å². The number of nitrogens with one attached hydrogen (secondary N) is 1. The molecule has 1 amide bonds. The van der Waals surface area contributed by atoms with Gasteiger partial charge in [-0.3, -0.25) is 4.79 Å². The molecule has 2 aromatic carbocycles. The smallest absolute Gasteiger partial charge is 0.338 e. The summed E-state index contributed by atoms with van der Waals surface area (Å²) in [5.74, 6) is -0.609. The molecule has 0 bridgehead atoms. The van der Waals surface area contributed by atoms with Crippen molar-refractivity contribution in [3.05, 3.63) is 63.6 Å². The summed E-state index contributed by atoms with van der Waals surface area (Å²) in [6.45, 7) is 7.77. The molecule has 0 atom stereocenters. The molecule has 0 fully saturated rings. The minimum absolute atomic E-state index is 0.206. The number of amides is 1. The number of nitrogens with zero attached hydrogens (tertiary/aromatic N) is 1. The summed E-state index contributed by atoms with van der Waals surface area (Å²) in [4.78, 5) is 26.1. The van der Waals surface area contributed by atoms with E-state index in [2.05, 4.69) is 5.32 Å². The van der Waals surface area contributed by atoms with Crippen LogP contribution in [0.1, 0.15) is 43.6 Å². The van der Waals surface area contributed by atoms with Crippen molar-refractivity contribution in [2.75, 3.05) is 11.5 Å². The first-order valence-corrected chi connectivity index (χ1v) is 10.5. The number of esters is 1. The highest BCUT2D eigenvalue weighted by Gasteiger charge is 2.25. The lowest BCUT2D eigenvalue weighted by Crippen LogP contribution is -2.46. The Balaban J connectivity index is 2.36. The van der Waals surface area contributed by atoms with Crippen LogP contribution in [0.2, 0.25) is 10.0 Å². The maximum absolute atomic E-state index is 12.5. The Morgan fingerprint density at radius 2 is 1.73 bits per heavy atom. The Morgan fingerprint density at radius 3 is 2.27 bits per heavy atom. The summed E-state index contributed by atoms with van der Waals surface area (Å²) < 4.78 is 5.02. The Hall–Kier alpha value is -2.15. The van der Waals surface area contributed by atoms with Crippen LogP contribution in [-0.4, -0.2) is 23.6 Å². The average Bonchev–Trinajstić information content (AvgIpc) is 2.67.